The molecule has 0 N–H and O–H groups in total. The largest absolute Gasteiger partial charge is 0.485 e. The Bertz CT molecular complexity index is 570. The Balaban J connectivity index is 2.03. The summed E-state index contributed by atoms with van der Waals surface area (Å²) < 4.78 is 7.44. The summed E-state index contributed by atoms with van der Waals surface area (Å²) in [5.41, 5.74) is 2.85. The maximum absolute atomic E-state index is 11.9. The summed E-state index contributed by atoms with van der Waals surface area (Å²) >= 11 is 0. The molecule has 0 unspecified atom stereocenters. The Morgan fingerprint density at radius 3 is 2.72 bits per heavy atom. The van der Waals surface area contributed by atoms with Crippen LogP contribution in [0.3, 0.4) is 0 Å². The number of hydrogen-bond donors (Lipinski definition) is 0. The Morgan fingerprint density at radius 2 is 2.06 bits per heavy atom. The van der Waals surface area contributed by atoms with Crippen LogP contribution in [0.4, 0.5) is 0 Å². The van der Waals surface area contributed by atoms with Gasteiger partial charge in [0.2, 0.25) is 5.78 Å². The Morgan fingerprint density at radius 1 is 1.28 bits per heavy atom. The van der Waals surface area contributed by atoms with E-state index in [-0.39, 0.29) is 12.4 Å². The van der Waals surface area contributed by atoms with Gasteiger partial charge in [-0.15, -0.1) is 0 Å². The summed E-state index contributed by atoms with van der Waals surface area (Å²) in [6, 6.07) is 7.78. The number of aryl methyl sites for hydroxylation is 3. The summed E-state index contributed by atoms with van der Waals surface area (Å²) in [7, 11) is 1.89. The fraction of sp³-hybridized carbons (Fsp3) is 0.267. The second-order valence-corrected chi connectivity index (χ2v) is 4.55. The molecule has 2 rings (SSSR count). The molecule has 0 radical (unpaired) electrons. The molecule has 3 heteroatoms. The van der Waals surface area contributed by atoms with Crippen LogP contribution in [0, 0.1) is 13.8 Å². The van der Waals surface area contributed by atoms with E-state index in [0.29, 0.717) is 5.56 Å². The first-order valence-corrected chi connectivity index (χ1v) is 5.91. The van der Waals surface area contributed by atoms with Crippen LogP contribution in [0.25, 0.3) is 0 Å². The predicted octanol–water partition coefficient (Wildman–Crippen LogP) is 2.90. The topological polar surface area (TPSA) is 31.2 Å². The lowest BCUT2D eigenvalue weighted by Gasteiger charge is -2.08. The SMILES string of the molecule is Cc1ccc(C)c(OCC(=O)c2ccn(C)c2)c1. The van der Waals surface area contributed by atoms with Crippen molar-refractivity contribution in [1.29, 1.82) is 0 Å². The minimum absolute atomic E-state index is 0.00324. The molecule has 0 aliphatic heterocycles. The van der Waals surface area contributed by atoms with Gasteiger partial charge in [-0.1, -0.05) is 12.1 Å². The van der Waals surface area contributed by atoms with Gasteiger partial charge in [-0.05, 0) is 37.1 Å². The first-order chi connectivity index (χ1) is 8.56. The highest BCUT2D eigenvalue weighted by Crippen LogP contribution is 2.19. The molecule has 0 atom stereocenters. The number of nitrogens with zero attached hydrogens (tertiary/aromatic N) is 1. The maximum atomic E-state index is 11.9. The lowest BCUT2D eigenvalue weighted by molar-refractivity contribution is 0.0921. The van der Waals surface area contributed by atoms with Gasteiger partial charge in [-0.3, -0.25) is 4.79 Å². The molecule has 1 heterocycles. The number of aromatic nitrogens is 1. The van der Waals surface area contributed by atoms with E-state index in [1.165, 1.54) is 0 Å². The Labute approximate surface area is 107 Å². The molecule has 0 fully saturated rings. The maximum Gasteiger partial charge on any atom is 0.201 e. The Hall–Kier alpha value is -2.03. The zero-order valence-electron chi connectivity index (χ0n) is 10.9. The molecule has 3 nitrogen and oxygen atoms in total. The van der Waals surface area contributed by atoms with Crippen LogP contribution in [0.5, 0.6) is 5.75 Å². The Kier molecular flexibility index (Phi) is 3.51. The standard InChI is InChI=1S/C15H17NO2/c1-11-4-5-12(2)15(8-11)18-10-14(17)13-6-7-16(3)9-13/h4-9H,10H2,1-3H3. The van der Waals surface area contributed by atoms with Crippen molar-refractivity contribution >= 4 is 5.78 Å². The van der Waals surface area contributed by atoms with E-state index in [4.69, 9.17) is 4.74 Å². The molecule has 94 valence electrons. The first-order valence-electron chi connectivity index (χ1n) is 5.91. The van der Waals surface area contributed by atoms with Crippen LogP contribution in [-0.2, 0) is 7.05 Å². The fourth-order valence-corrected chi connectivity index (χ4v) is 1.76. The molecule has 18 heavy (non-hydrogen) atoms. The summed E-state index contributed by atoms with van der Waals surface area (Å²) in [6.07, 6.45) is 3.65. The highest BCUT2D eigenvalue weighted by Gasteiger charge is 2.09. The van der Waals surface area contributed by atoms with Crippen molar-refractivity contribution in [2.24, 2.45) is 7.05 Å². The summed E-state index contributed by atoms with van der Waals surface area (Å²) in [6.45, 7) is 4.06. The zero-order valence-corrected chi connectivity index (χ0v) is 10.9. The van der Waals surface area contributed by atoms with Crippen molar-refractivity contribution in [1.82, 2.24) is 4.57 Å². The molecular formula is C15H17NO2. The average molecular weight is 243 g/mol. The minimum Gasteiger partial charge on any atom is -0.485 e. The van der Waals surface area contributed by atoms with E-state index < -0.39 is 0 Å². The lowest BCUT2D eigenvalue weighted by atomic mass is 10.1. The monoisotopic (exact) mass is 243 g/mol. The molecule has 0 saturated heterocycles. The third-order valence-electron chi connectivity index (χ3n) is 2.86. The van der Waals surface area contributed by atoms with Gasteiger partial charge >= 0.3 is 0 Å². The van der Waals surface area contributed by atoms with Crippen LogP contribution in [0.1, 0.15) is 21.5 Å². The second-order valence-electron chi connectivity index (χ2n) is 4.55. The van der Waals surface area contributed by atoms with Crippen molar-refractivity contribution in [3.63, 3.8) is 0 Å². The van der Waals surface area contributed by atoms with Crippen LogP contribution >= 0.6 is 0 Å². The van der Waals surface area contributed by atoms with E-state index in [1.807, 2.05) is 49.9 Å². The van der Waals surface area contributed by atoms with E-state index in [0.717, 1.165) is 16.9 Å². The van der Waals surface area contributed by atoms with E-state index in [9.17, 15) is 4.79 Å². The number of benzene rings is 1. The van der Waals surface area contributed by atoms with E-state index >= 15 is 0 Å². The van der Waals surface area contributed by atoms with Crippen molar-refractivity contribution in [2.45, 2.75) is 13.8 Å². The molecule has 1 aromatic heterocycles. The zero-order chi connectivity index (χ0) is 13.1. The number of ketones is 1. The molecule has 0 aliphatic rings. The van der Waals surface area contributed by atoms with Crippen molar-refractivity contribution in [2.75, 3.05) is 6.61 Å². The third kappa shape index (κ3) is 2.80. The smallest absolute Gasteiger partial charge is 0.201 e. The lowest BCUT2D eigenvalue weighted by Crippen LogP contribution is -2.11. The predicted molar refractivity (Wildman–Crippen MR) is 71.2 cm³/mol. The number of carbonyl (C=O) groups excluding carboxylic acids is 1. The molecule has 1 aromatic carbocycles. The van der Waals surface area contributed by atoms with Gasteiger partial charge in [0.25, 0.3) is 0 Å². The molecule has 0 amide bonds. The molecule has 2 aromatic rings. The van der Waals surface area contributed by atoms with Gasteiger partial charge in [0.05, 0.1) is 0 Å². The highest BCUT2D eigenvalue weighted by molar-refractivity contribution is 5.97. The molecular weight excluding hydrogens is 226 g/mol. The normalized spacial score (nSPS) is 10.4. The van der Waals surface area contributed by atoms with Crippen molar-refractivity contribution < 1.29 is 9.53 Å². The summed E-state index contributed by atoms with van der Waals surface area (Å²) in [5, 5.41) is 0. The van der Waals surface area contributed by atoms with Gasteiger partial charge in [0, 0.05) is 25.0 Å². The number of ether oxygens (including phenoxy) is 1. The van der Waals surface area contributed by atoms with Gasteiger partial charge in [0.1, 0.15) is 5.75 Å². The number of carbonyl (C=O) groups is 1. The minimum atomic E-state index is -0.00324. The van der Waals surface area contributed by atoms with Crippen molar-refractivity contribution in [3.05, 3.63) is 53.3 Å². The molecule has 0 bridgehead atoms. The highest BCUT2D eigenvalue weighted by atomic mass is 16.5. The van der Waals surface area contributed by atoms with Gasteiger partial charge < -0.3 is 9.30 Å². The van der Waals surface area contributed by atoms with Crippen molar-refractivity contribution in [3.8, 4) is 5.75 Å². The quantitative estimate of drug-likeness (QED) is 0.773. The second kappa shape index (κ2) is 5.08. The molecule has 0 saturated carbocycles. The van der Waals surface area contributed by atoms with Gasteiger partial charge in [-0.25, -0.2) is 0 Å². The first kappa shape index (κ1) is 12.4. The fourth-order valence-electron chi connectivity index (χ4n) is 1.76. The van der Waals surface area contributed by atoms with Crippen LogP contribution in [-0.4, -0.2) is 17.0 Å². The van der Waals surface area contributed by atoms with Gasteiger partial charge in [0.15, 0.2) is 6.61 Å². The van der Waals surface area contributed by atoms with Crippen LogP contribution in [0.15, 0.2) is 36.7 Å². The summed E-state index contributed by atoms with van der Waals surface area (Å²) in [5.74, 6) is 0.774. The molecule has 0 spiro atoms. The number of Topliss-reactive ketones (excluding diaryl/α,β-unsaturated/α-hetero) is 1. The summed E-state index contributed by atoms with van der Waals surface area (Å²) in [4.78, 5) is 11.9. The number of rotatable bonds is 4. The average Bonchev–Trinajstić information content (AvgIpc) is 2.77. The van der Waals surface area contributed by atoms with Crippen LogP contribution < -0.4 is 4.74 Å². The molecule has 0 aliphatic carbocycles. The third-order valence-corrected chi connectivity index (χ3v) is 2.86. The van der Waals surface area contributed by atoms with E-state index in [2.05, 4.69) is 0 Å². The number of hydrogen-bond acceptors (Lipinski definition) is 2. The van der Waals surface area contributed by atoms with Crippen LogP contribution in [0.2, 0.25) is 0 Å². The van der Waals surface area contributed by atoms with E-state index in [1.54, 1.807) is 12.3 Å². The van der Waals surface area contributed by atoms with Gasteiger partial charge in [-0.2, -0.15) is 0 Å².